The maximum Gasteiger partial charge on any atom is 0.338 e. The van der Waals surface area contributed by atoms with E-state index in [-0.39, 0.29) is 5.56 Å². The van der Waals surface area contributed by atoms with Crippen LogP contribution in [0.2, 0.25) is 5.02 Å². The number of carbonyl (C=O) groups excluding carboxylic acids is 1. The lowest BCUT2D eigenvalue weighted by molar-refractivity contribution is -0.136. The molecule has 0 saturated carbocycles. The Balaban J connectivity index is 1.97. The zero-order valence-electron chi connectivity index (χ0n) is 15.0. The third-order valence-electron chi connectivity index (χ3n) is 4.39. The van der Waals surface area contributed by atoms with Crippen molar-refractivity contribution in [2.45, 2.75) is 13.0 Å². The number of benzene rings is 1. The van der Waals surface area contributed by atoms with E-state index in [1.54, 1.807) is 29.7 Å². The Morgan fingerprint density at radius 1 is 1.32 bits per heavy atom. The summed E-state index contributed by atoms with van der Waals surface area (Å²) in [6, 6.07) is 10.5. The van der Waals surface area contributed by atoms with Gasteiger partial charge in [0.25, 0.3) is 5.56 Å². The second-order valence-electron chi connectivity index (χ2n) is 6.14. The maximum absolute atomic E-state index is 13.3. The number of thiophene rings is 1. The van der Waals surface area contributed by atoms with Crippen molar-refractivity contribution >= 4 is 46.3 Å². The Kier molecular flexibility index (Phi) is 5.05. The van der Waals surface area contributed by atoms with E-state index in [1.165, 1.54) is 29.8 Å². The molecule has 142 valence electrons. The highest BCUT2D eigenvalue weighted by atomic mass is 35.5. The maximum atomic E-state index is 13.3. The first-order chi connectivity index (χ1) is 13.5. The largest absolute Gasteiger partial charge is 0.466 e. The van der Waals surface area contributed by atoms with E-state index in [4.69, 9.17) is 16.3 Å². The van der Waals surface area contributed by atoms with Crippen molar-refractivity contribution in [3.63, 3.8) is 0 Å². The van der Waals surface area contributed by atoms with Crippen molar-refractivity contribution in [2.24, 2.45) is 4.99 Å². The summed E-state index contributed by atoms with van der Waals surface area (Å²) in [5, 5.41) is 2.52. The summed E-state index contributed by atoms with van der Waals surface area (Å²) < 4.78 is 7.08. The van der Waals surface area contributed by atoms with E-state index in [0.29, 0.717) is 25.6 Å². The van der Waals surface area contributed by atoms with Crippen LogP contribution in [-0.2, 0) is 9.53 Å². The molecule has 5 nitrogen and oxygen atoms in total. The molecule has 0 aliphatic carbocycles. The minimum absolute atomic E-state index is 0.198. The van der Waals surface area contributed by atoms with Gasteiger partial charge in [-0.2, -0.15) is 0 Å². The van der Waals surface area contributed by atoms with Crippen LogP contribution in [0.15, 0.2) is 62.8 Å². The van der Waals surface area contributed by atoms with Crippen molar-refractivity contribution in [1.29, 1.82) is 0 Å². The molecule has 1 unspecified atom stereocenters. The third-order valence-corrected chi connectivity index (χ3v) is 6.53. The number of halogens is 1. The van der Waals surface area contributed by atoms with Crippen LogP contribution in [-0.4, -0.2) is 17.6 Å². The molecular weight excluding hydrogens is 416 g/mol. The van der Waals surface area contributed by atoms with E-state index in [2.05, 4.69) is 4.99 Å². The molecule has 0 N–H and O–H groups in total. The van der Waals surface area contributed by atoms with Gasteiger partial charge in [0.1, 0.15) is 6.04 Å². The average Bonchev–Trinajstić information content (AvgIpc) is 3.29. The SMILES string of the molecule is COC(=O)C1=C(C)N=c2s/c(=C/c3cccc(Cl)c3)c(=O)n2C1c1cccs1. The topological polar surface area (TPSA) is 60.7 Å². The second kappa shape index (κ2) is 7.50. The number of methoxy groups -OCH3 is 1. The van der Waals surface area contributed by atoms with Crippen molar-refractivity contribution in [3.05, 3.63) is 88.2 Å². The Labute approximate surface area is 173 Å². The van der Waals surface area contributed by atoms with Gasteiger partial charge in [-0.15, -0.1) is 11.3 Å². The minimum atomic E-state index is -0.551. The molecule has 3 heterocycles. The average molecular weight is 431 g/mol. The number of carbonyl (C=O) groups is 1. The summed E-state index contributed by atoms with van der Waals surface area (Å²) in [5.41, 5.74) is 1.57. The van der Waals surface area contributed by atoms with Gasteiger partial charge in [0.05, 0.1) is 22.9 Å². The first kappa shape index (κ1) is 18.9. The summed E-state index contributed by atoms with van der Waals surface area (Å²) in [4.78, 5) is 31.7. The summed E-state index contributed by atoms with van der Waals surface area (Å²) in [6.45, 7) is 1.76. The van der Waals surface area contributed by atoms with Gasteiger partial charge in [-0.3, -0.25) is 9.36 Å². The monoisotopic (exact) mass is 430 g/mol. The molecule has 0 amide bonds. The summed E-state index contributed by atoms with van der Waals surface area (Å²) >= 11 is 8.83. The third kappa shape index (κ3) is 3.26. The first-order valence-corrected chi connectivity index (χ1v) is 10.5. The fourth-order valence-electron chi connectivity index (χ4n) is 3.16. The Hall–Kier alpha value is -2.48. The molecule has 0 spiro atoms. The minimum Gasteiger partial charge on any atom is -0.466 e. The second-order valence-corrected chi connectivity index (χ2v) is 8.57. The van der Waals surface area contributed by atoms with Gasteiger partial charge in [-0.1, -0.05) is 41.1 Å². The number of rotatable bonds is 3. The number of fused-ring (bicyclic) bond motifs is 1. The summed E-state index contributed by atoms with van der Waals surface area (Å²) in [7, 11) is 1.33. The van der Waals surface area contributed by atoms with Gasteiger partial charge in [0.15, 0.2) is 4.80 Å². The molecule has 4 rings (SSSR count). The van der Waals surface area contributed by atoms with Crippen molar-refractivity contribution in [1.82, 2.24) is 4.57 Å². The molecule has 0 bridgehead atoms. The lowest BCUT2D eigenvalue weighted by Crippen LogP contribution is -2.39. The number of hydrogen-bond donors (Lipinski definition) is 0. The smallest absolute Gasteiger partial charge is 0.338 e. The summed E-state index contributed by atoms with van der Waals surface area (Å²) in [6.07, 6.45) is 1.79. The predicted molar refractivity (Wildman–Crippen MR) is 112 cm³/mol. The van der Waals surface area contributed by atoms with Crippen LogP contribution < -0.4 is 14.9 Å². The molecular formula is C20H15ClN2O3S2. The number of nitrogens with zero attached hydrogens (tertiary/aromatic N) is 2. The van der Waals surface area contributed by atoms with E-state index < -0.39 is 12.0 Å². The fourth-order valence-corrected chi connectivity index (χ4v) is 5.23. The van der Waals surface area contributed by atoms with Crippen molar-refractivity contribution in [3.8, 4) is 0 Å². The molecule has 2 aromatic heterocycles. The van der Waals surface area contributed by atoms with Crippen LogP contribution in [0.4, 0.5) is 0 Å². The Morgan fingerprint density at radius 3 is 2.82 bits per heavy atom. The molecule has 1 aliphatic rings. The molecule has 28 heavy (non-hydrogen) atoms. The quantitative estimate of drug-likeness (QED) is 0.600. The van der Waals surface area contributed by atoms with Gasteiger partial charge in [0, 0.05) is 9.90 Å². The number of ether oxygens (including phenoxy) is 1. The van der Waals surface area contributed by atoms with E-state index in [0.717, 1.165) is 10.4 Å². The van der Waals surface area contributed by atoms with Gasteiger partial charge in [-0.05, 0) is 42.1 Å². The molecule has 0 saturated heterocycles. The molecule has 1 aromatic carbocycles. The zero-order chi connectivity index (χ0) is 19.8. The van der Waals surface area contributed by atoms with Gasteiger partial charge >= 0.3 is 5.97 Å². The van der Waals surface area contributed by atoms with E-state index in [1.807, 2.05) is 29.6 Å². The first-order valence-electron chi connectivity index (χ1n) is 8.39. The molecule has 3 aromatic rings. The van der Waals surface area contributed by atoms with Crippen LogP contribution >= 0.6 is 34.3 Å². The zero-order valence-corrected chi connectivity index (χ0v) is 17.4. The van der Waals surface area contributed by atoms with Crippen LogP contribution in [0.1, 0.15) is 23.4 Å². The summed E-state index contributed by atoms with van der Waals surface area (Å²) in [5.74, 6) is -0.483. The van der Waals surface area contributed by atoms with E-state index >= 15 is 0 Å². The van der Waals surface area contributed by atoms with Crippen LogP contribution in [0.3, 0.4) is 0 Å². The van der Waals surface area contributed by atoms with Crippen molar-refractivity contribution in [2.75, 3.05) is 7.11 Å². The number of aromatic nitrogens is 1. The Bertz CT molecular complexity index is 1270. The lowest BCUT2D eigenvalue weighted by atomic mass is 10.0. The fraction of sp³-hybridized carbons (Fsp3) is 0.150. The number of hydrogen-bond acceptors (Lipinski definition) is 6. The van der Waals surface area contributed by atoms with Crippen LogP contribution in [0.5, 0.6) is 0 Å². The van der Waals surface area contributed by atoms with Crippen LogP contribution in [0, 0.1) is 0 Å². The number of esters is 1. The number of allylic oxidation sites excluding steroid dienone is 1. The highest BCUT2D eigenvalue weighted by molar-refractivity contribution is 7.10. The van der Waals surface area contributed by atoms with Crippen LogP contribution in [0.25, 0.3) is 6.08 Å². The number of thiazole rings is 1. The van der Waals surface area contributed by atoms with Gasteiger partial charge in [0.2, 0.25) is 0 Å². The highest BCUT2D eigenvalue weighted by Gasteiger charge is 2.33. The van der Waals surface area contributed by atoms with Crippen molar-refractivity contribution < 1.29 is 9.53 Å². The van der Waals surface area contributed by atoms with Gasteiger partial charge < -0.3 is 4.74 Å². The molecule has 0 radical (unpaired) electrons. The normalized spacial score (nSPS) is 16.7. The predicted octanol–water partition coefficient (Wildman–Crippen LogP) is 3.12. The highest BCUT2D eigenvalue weighted by Crippen LogP contribution is 2.32. The Morgan fingerprint density at radius 2 is 2.14 bits per heavy atom. The molecule has 1 atom stereocenters. The van der Waals surface area contributed by atoms with Gasteiger partial charge in [-0.25, -0.2) is 9.79 Å². The molecule has 0 fully saturated rings. The standard InChI is InChI=1S/C20H15ClN2O3S2/c1-11-16(19(25)26-2)17(14-7-4-8-27-14)23-18(24)15(28-20(23)22-11)10-12-5-3-6-13(21)9-12/h3-10,17H,1-2H3/b15-10+. The lowest BCUT2D eigenvalue weighted by Gasteiger charge is -2.22. The molecule has 8 heteroatoms. The molecule has 1 aliphatic heterocycles. The van der Waals surface area contributed by atoms with E-state index in [9.17, 15) is 9.59 Å².